The van der Waals surface area contributed by atoms with Crippen molar-refractivity contribution in [1.82, 2.24) is 9.55 Å². The average Bonchev–Trinajstić information content (AvgIpc) is 3.41. The van der Waals surface area contributed by atoms with Crippen LogP contribution in [0.2, 0.25) is 0 Å². The van der Waals surface area contributed by atoms with E-state index in [1.165, 1.54) is 4.57 Å². The quantitative estimate of drug-likeness (QED) is 0.862. The Kier molecular flexibility index (Phi) is 3.98. The van der Waals surface area contributed by atoms with Crippen LogP contribution >= 0.6 is 0 Å². The summed E-state index contributed by atoms with van der Waals surface area (Å²) in [5.74, 6) is 0.483. The normalized spacial score (nSPS) is 20.4. The molecule has 2 aromatic rings. The van der Waals surface area contributed by atoms with Crippen molar-refractivity contribution in [2.24, 2.45) is 5.92 Å². The monoisotopic (exact) mass is 351 g/mol. The number of aryl methyl sites for hydroxylation is 1. The predicted octanol–water partition coefficient (Wildman–Crippen LogP) is 2.90. The number of nitrogens with zero attached hydrogens (tertiary/aromatic N) is 2. The molecule has 1 aromatic heterocycles. The van der Waals surface area contributed by atoms with Gasteiger partial charge in [-0.2, -0.15) is 0 Å². The van der Waals surface area contributed by atoms with E-state index in [2.05, 4.69) is 16.9 Å². The van der Waals surface area contributed by atoms with Gasteiger partial charge in [-0.1, -0.05) is 18.2 Å². The number of hydrogen-bond acceptors (Lipinski definition) is 4. The van der Waals surface area contributed by atoms with Crippen molar-refractivity contribution in [2.45, 2.75) is 45.1 Å². The molecule has 1 heterocycles. The standard InChI is InChI=1S/C20H21N3O3/c1-11-6-9-16(17(24)10-11)23-12(2)21-14-4-3-5-15(18(14)20(23)26)22-19(25)13-7-8-13/h3-5,13,16H,1,6-10H2,2H3,(H,22,25). The highest BCUT2D eigenvalue weighted by atomic mass is 16.2. The Morgan fingerprint density at radius 1 is 1.27 bits per heavy atom. The van der Waals surface area contributed by atoms with E-state index in [1.54, 1.807) is 25.1 Å². The molecule has 134 valence electrons. The first-order valence-electron chi connectivity index (χ1n) is 8.98. The third kappa shape index (κ3) is 2.85. The van der Waals surface area contributed by atoms with Gasteiger partial charge >= 0.3 is 0 Å². The van der Waals surface area contributed by atoms with Crippen LogP contribution in [0.1, 0.15) is 44.0 Å². The second kappa shape index (κ2) is 6.20. The maximum Gasteiger partial charge on any atom is 0.264 e. The zero-order valence-electron chi connectivity index (χ0n) is 14.7. The van der Waals surface area contributed by atoms with E-state index >= 15 is 0 Å². The van der Waals surface area contributed by atoms with E-state index in [4.69, 9.17) is 0 Å². The number of allylic oxidation sites excluding steroid dienone is 1. The molecule has 26 heavy (non-hydrogen) atoms. The first-order chi connectivity index (χ1) is 12.5. The van der Waals surface area contributed by atoms with Crippen molar-refractivity contribution < 1.29 is 9.59 Å². The van der Waals surface area contributed by atoms with Crippen LogP contribution in [-0.4, -0.2) is 21.2 Å². The first-order valence-corrected chi connectivity index (χ1v) is 8.98. The Morgan fingerprint density at radius 3 is 2.73 bits per heavy atom. The van der Waals surface area contributed by atoms with E-state index in [-0.39, 0.29) is 23.2 Å². The molecule has 1 aromatic carbocycles. The fourth-order valence-corrected chi connectivity index (χ4v) is 3.63. The summed E-state index contributed by atoms with van der Waals surface area (Å²) in [5.41, 5.74) is 1.64. The molecule has 2 saturated carbocycles. The van der Waals surface area contributed by atoms with Crippen LogP contribution in [0.4, 0.5) is 5.69 Å². The lowest BCUT2D eigenvalue weighted by Crippen LogP contribution is -2.35. The highest BCUT2D eigenvalue weighted by Crippen LogP contribution is 2.32. The molecule has 1 amide bonds. The maximum atomic E-state index is 13.3. The molecule has 6 nitrogen and oxygen atoms in total. The van der Waals surface area contributed by atoms with Gasteiger partial charge in [-0.05, 0) is 44.7 Å². The molecule has 6 heteroatoms. The second-order valence-corrected chi connectivity index (χ2v) is 7.24. The van der Waals surface area contributed by atoms with Gasteiger partial charge in [-0.15, -0.1) is 0 Å². The Bertz CT molecular complexity index is 1000. The van der Waals surface area contributed by atoms with Gasteiger partial charge in [0.2, 0.25) is 5.91 Å². The molecule has 2 fully saturated rings. The molecular weight excluding hydrogens is 330 g/mol. The highest BCUT2D eigenvalue weighted by molar-refractivity contribution is 6.02. The second-order valence-electron chi connectivity index (χ2n) is 7.24. The van der Waals surface area contributed by atoms with Crippen molar-refractivity contribution >= 4 is 28.3 Å². The SMILES string of the molecule is C=C1CCC(n2c(C)nc3cccc(NC(=O)C4CC4)c3c2=O)C(=O)C1. The lowest BCUT2D eigenvalue weighted by molar-refractivity contribution is -0.122. The van der Waals surface area contributed by atoms with Crippen molar-refractivity contribution in [1.29, 1.82) is 0 Å². The number of anilines is 1. The average molecular weight is 351 g/mol. The molecule has 2 aliphatic rings. The molecule has 0 saturated heterocycles. The van der Waals surface area contributed by atoms with Gasteiger partial charge in [-0.25, -0.2) is 4.98 Å². The summed E-state index contributed by atoms with van der Waals surface area (Å²) in [6, 6.07) is 4.73. The van der Waals surface area contributed by atoms with Gasteiger partial charge in [0.25, 0.3) is 5.56 Å². The van der Waals surface area contributed by atoms with Gasteiger partial charge in [0.1, 0.15) is 5.82 Å². The predicted molar refractivity (Wildman–Crippen MR) is 99.1 cm³/mol. The summed E-state index contributed by atoms with van der Waals surface area (Å²) in [4.78, 5) is 42.4. The summed E-state index contributed by atoms with van der Waals surface area (Å²) in [5, 5.41) is 3.23. The van der Waals surface area contributed by atoms with E-state index in [0.717, 1.165) is 24.8 Å². The topological polar surface area (TPSA) is 81.1 Å². The summed E-state index contributed by atoms with van der Waals surface area (Å²) < 4.78 is 1.49. The van der Waals surface area contributed by atoms with Crippen molar-refractivity contribution in [3.8, 4) is 0 Å². The fraction of sp³-hybridized carbons (Fsp3) is 0.400. The Labute approximate surface area is 150 Å². The molecule has 2 aliphatic carbocycles. The van der Waals surface area contributed by atoms with Crippen LogP contribution in [0.25, 0.3) is 10.9 Å². The molecule has 0 aliphatic heterocycles. The summed E-state index contributed by atoms with van der Waals surface area (Å²) in [7, 11) is 0. The van der Waals surface area contributed by atoms with Crippen LogP contribution in [0, 0.1) is 12.8 Å². The number of ketones is 1. The van der Waals surface area contributed by atoms with E-state index in [1.807, 2.05) is 0 Å². The van der Waals surface area contributed by atoms with Gasteiger partial charge in [0, 0.05) is 12.3 Å². The van der Waals surface area contributed by atoms with Gasteiger partial charge in [-0.3, -0.25) is 19.0 Å². The number of fused-ring (bicyclic) bond motifs is 1. The minimum Gasteiger partial charge on any atom is -0.325 e. The smallest absolute Gasteiger partial charge is 0.264 e. The number of hydrogen-bond donors (Lipinski definition) is 1. The fourth-order valence-electron chi connectivity index (χ4n) is 3.63. The zero-order valence-corrected chi connectivity index (χ0v) is 14.7. The maximum absolute atomic E-state index is 13.3. The lowest BCUT2D eigenvalue weighted by atomic mass is 9.90. The minimum atomic E-state index is -0.517. The molecule has 0 bridgehead atoms. The number of nitrogens with one attached hydrogen (secondary N) is 1. The lowest BCUT2D eigenvalue weighted by Gasteiger charge is -2.26. The van der Waals surface area contributed by atoms with Crippen molar-refractivity contribution in [3.63, 3.8) is 0 Å². The number of aromatic nitrogens is 2. The van der Waals surface area contributed by atoms with Gasteiger partial charge in [0.15, 0.2) is 5.78 Å². The molecule has 0 spiro atoms. The number of carbonyl (C=O) groups is 2. The zero-order chi connectivity index (χ0) is 18.4. The highest BCUT2D eigenvalue weighted by Gasteiger charge is 2.31. The number of carbonyl (C=O) groups excluding carboxylic acids is 2. The summed E-state index contributed by atoms with van der Waals surface area (Å²) in [6.07, 6.45) is 3.36. The van der Waals surface area contributed by atoms with Gasteiger partial charge < -0.3 is 5.32 Å². The molecular formula is C20H21N3O3. The molecule has 1 N–H and O–H groups in total. The van der Waals surface area contributed by atoms with E-state index in [0.29, 0.717) is 35.3 Å². The number of benzene rings is 1. The first kappa shape index (κ1) is 16.7. The molecule has 4 rings (SSSR count). The van der Waals surface area contributed by atoms with Crippen LogP contribution in [-0.2, 0) is 9.59 Å². The minimum absolute atomic E-state index is 0.00732. The van der Waals surface area contributed by atoms with E-state index < -0.39 is 6.04 Å². The van der Waals surface area contributed by atoms with Gasteiger partial charge in [0.05, 0.1) is 22.6 Å². The Morgan fingerprint density at radius 2 is 2.04 bits per heavy atom. The summed E-state index contributed by atoms with van der Waals surface area (Å²) in [6.45, 7) is 5.63. The number of rotatable bonds is 3. The molecule has 0 radical (unpaired) electrons. The largest absolute Gasteiger partial charge is 0.325 e. The number of Topliss-reactive ketones (excluding diaryl/α,β-unsaturated/α-hetero) is 1. The number of amides is 1. The third-order valence-electron chi connectivity index (χ3n) is 5.19. The van der Waals surface area contributed by atoms with Crippen molar-refractivity contribution in [3.05, 3.63) is 46.5 Å². The van der Waals surface area contributed by atoms with Crippen LogP contribution < -0.4 is 10.9 Å². The van der Waals surface area contributed by atoms with Crippen LogP contribution in [0.3, 0.4) is 0 Å². The molecule has 1 unspecified atom stereocenters. The Balaban J connectivity index is 1.84. The molecule has 1 atom stereocenters. The van der Waals surface area contributed by atoms with Crippen LogP contribution in [0.15, 0.2) is 35.1 Å². The Hall–Kier alpha value is -2.76. The summed E-state index contributed by atoms with van der Waals surface area (Å²) >= 11 is 0. The van der Waals surface area contributed by atoms with E-state index in [9.17, 15) is 14.4 Å². The van der Waals surface area contributed by atoms with Crippen LogP contribution in [0.5, 0.6) is 0 Å². The van der Waals surface area contributed by atoms with Crippen molar-refractivity contribution in [2.75, 3.05) is 5.32 Å². The third-order valence-corrected chi connectivity index (χ3v) is 5.19.